The van der Waals surface area contributed by atoms with Crippen molar-refractivity contribution in [2.75, 3.05) is 11.5 Å². The van der Waals surface area contributed by atoms with Crippen molar-refractivity contribution in [3.63, 3.8) is 0 Å². The second-order valence-corrected chi connectivity index (χ2v) is 8.69. The highest BCUT2D eigenvalue weighted by Crippen LogP contribution is 2.37. The van der Waals surface area contributed by atoms with Crippen molar-refractivity contribution in [1.29, 1.82) is 0 Å². The lowest BCUT2D eigenvalue weighted by molar-refractivity contribution is -0.137. The molecule has 0 spiro atoms. The lowest BCUT2D eigenvalue weighted by Crippen LogP contribution is -2.37. The molecule has 1 N–H and O–H groups in total. The van der Waals surface area contributed by atoms with E-state index in [-0.39, 0.29) is 25.1 Å². The first kappa shape index (κ1) is 21.6. The summed E-state index contributed by atoms with van der Waals surface area (Å²) in [5, 5.41) is 14.6. The van der Waals surface area contributed by atoms with Gasteiger partial charge in [-0.05, 0) is 47.8 Å². The van der Waals surface area contributed by atoms with Crippen LogP contribution in [-0.2, 0) is 9.53 Å². The maximum Gasteiger partial charge on any atom is 0.306 e. The molecule has 8 nitrogen and oxygen atoms in total. The fourth-order valence-electron chi connectivity index (χ4n) is 3.90. The number of halogens is 2. The van der Waals surface area contributed by atoms with E-state index >= 15 is 0 Å². The Bertz CT molecular complexity index is 1140. The zero-order valence-corrected chi connectivity index (χ0v) is 19.2. The predicted molar refractivity (Wildman–Crippen MR) is 122 cm³/mol. The Morgan fingerprint density at radius 3 is 2.90 bits per heavy atom. The van der Waals surface area contributed by atoms with Crippen molar-refractivity contribution in [1.82, 2.24) is 19.7 Å². The van der Waals surface area contributed by atoms with Crippen LogP contribution in [0.25, 0.3) is 16.6 Å². The molecule has 31 heavy (non-hydrogen) atoms. The lowest BCUT2D eigenvalue weighted by Gasteiger charge is -2.31. The summed E-state index contributed by atoms with van der Waals surface area (Å²) in [4.78, 5) is 22.0. The minimum atomic E-state index is -0.901. The predicted octanol–water partition coefficient (Wildman–Crippen LogP) is 4.59. The van der Waals surface area contributed by atoms with Gasteiger partial charge in [-0.25, -0.2) is 14.6 Å². The van der Waals surface area contributed by atoms with Crippen molar-refractivity contribution in [2.45, 2.75) is 38.3 Å². The average Bonchev–Trinajstić information content (AvgIpc) is 3.38. The monoisotopic (exact) mass is 505 g/mol. The second-order valence-electron chi connectivity index (χ2n) is 7.43. The Labute approximate surface area is 192 Å². The van der Waals surface area contributed by atoms with Crippen molar-refractivity contribution in [2.24, 2.45) is 0 Å². The van der Waals surface area contributed by atoms with Crippen molar-refractivity contribution in [3.05, 3.63) is 52.7 Å². The molecule has 1 saturated heterocycles. The summed E-state index contributed by atoms with van der Waals surface area (Å²) in [6.45, 7) is 6.29. The zero-order chi connectivity index (χ0) is 22.1. The number of benzene rings is 1. The van der Waals surface area contributed by atoms with Crippen LogP contribution in [-0.4, -0.2) is 49.5 Å². The van der Waals surface area contributed by atoms with Crippen LogP contribution in [0.15, 0.2) is 47.7 Å². The Morgan fingerprint density at radius 1 is 1.39 bits per heavy atom. The highest BCUT2D eigenvalue weighted by Gasteiger charge is 2.35. The normalized spacial score (nSPS) is 18.5. The van der Waals surface area contributed by atoms with Gasteiger partial charge in [-0.2, -0.15) is 5.10 Å². The van der Waals surface area contributed by atoms with Crippen LogP contribution in [0.2, 0.25) is 5.02 Å². The number of rotatable bonds is 7. The van der Waals surface area contributed by atoms with Gasteiger partial charge in [0.15, 0.2) is 0 Å². The molecule has 0 aliphatic carbocycles. The Balaban J connectivity index is 1.76. The molecule has 10 heteroatoms. The molecule has 4 rings (SSSR count). The quantitative estimate of drug-likeness (QED) is 0.468. The molecule has 1 aromatic carbocycles. The van der Waals surface area contributed by atoms with E-state index in [1.807, 2.05) is 18.2 Å². The number of fused-ring (bicyclic) bond motifs is 1. The van der Waals surface area contributed by atoms with Gasteiger partial charge in [0.1, 0.15) is 24.2 Å². The van der Waals surface area contributed by atoms with E-state index in [1.54, 1.807) is 11.0 Å². The minimum absolute atomic E-state index is 0.0687. The van der Waals surface area contributed by atoms with Gasteiger partial charge >= 0.3 is 5.97 Å². The second kappa shape index (κ2) is 8.84. The summed E-state index contributed by atoms with van der Waals surface area (Å²) < 4.78 is 8.10. The molecule has 1 fully saturated rings. The third-order valence-corrected chi connectivity index (χ3v) is 6.59. The molecular weight excluding hydrogens is 486 g/mol. The third-order valence-electron chi connectivity index (χ3n) is 5.39. The molecule has 0 amide bonds. The van der Waals surface area contributed by atoms with Gasteiger partial charge in [0.2, 0.25) is 0 Å². The molecule has 3 aromatic rings. The number of pyridine rings is 1. The number of ether oxygens (including phenoxy) is 1. The SMILES string of the molecule is C=C(OCCC(=O)O)[C@@H]1CC[C@H](C)N1c1cc(-n2cncn2)c2cc(Cl)c(Br)cc2n1. The van der Waals surface area contributed by atoms with Crippen molar-refractivity contribution < 1.29 is 14.6 Å². The van der Waals surface area contributed by atoms with Crippen LogP contribution in [0.4, 0.5) is 5.82 Å². The average molecular weight is 507 g/mol. The third kappa shape index (κ3) is 4.38. The first-order chi connectivity index (χ1) is 14.8. The molecule has 1 aliphatic rings. The number of anilines is 1. The van der Waals surface area contributed by atoms with Crippen LogP contribution in [0, 0.1) is 0 Å². The van der Waals surface area contributed by atoms with Gasteiger partial charge in [0.05, 0.1) is 35.3 Å². The van der Waals surface area contributed by atoms with E-state index in [0.29, 0.717) is 10.8 Å². The summed E-state index contributed by atoms with van der Waals surface area (Å²) in [7, 11) is 0. The van der Waals surface area contributed by atoms with E-state index in [2.05, 4.69) is 44.4 Å². The largest absolute Gasteiger partial charge is 0.496 e. The summed E-state index contributed by atoms with van der Waals surface area (Å²) in [5.41, 5.74) is 1.57. The molecule has 2 atom stereocenters. The number of carboxylic acids is 1. The van der Waals surface area contributed by atoms with Crippen LogP contribution in [0.5, 0.6) is 0 Å². The standard InChI is InChI=1S/C21H21BrClN5O3/c1-12-3-4-18(13(2)31-6-5-21(29)30)28(12)20-9-19(27-11-24-10-25-27)14-7-16(23)15(22)8-17(14)26-20/h7-12,18H,2-6H2,1H3,(H,29,30)/t12-,18-/m0/s1. The molecule has 0 radical (unpaired) electrons. The van der Waals surface area contributed by atoms with Gasteiger partial charge < -0.3 is 14.7 Å². The van der Waals surface area contributed by atoms with Crippen molar-refractivity contribution in [3.8, 4) is 5.69 Å². The summed E-state index contributed by atoms with van der Waals surface area (Å²) >= 11 is 9.83. The van der Waals surface area contributed by atoms with Crippen molar-refractivity contribution >= 4 is 50.2 Å². The Morgan fingerprint density at radius 2 is 2.19 bits per heavy atom. The van der Waals surface area contributed by atoms with E-state index in [0.717, 1.165) is 39.7 Å². The van der Waals surface area contributed by atoms with E-state index in [4.69, 9.17) is 26.4 Å². The fraction of sp³-hybridized carbons (Fsp3) is 0.333. The molecule has 0 saturated carbocycles. The molecule has 3 heterocycles. The Kier molecular flexibility index (Phi) is 6.15. The highest BCUT2D eigenvalue weighted by molar-refractivity contribution is 9.10. The topological polar surface area (TPSA) is 93.4 Å². The summed E-state index contributed by atoms with van der Waals surface area (Å²) in [6.07, 6.45) is 4.82. The molecule has 0 unspecified atom stereocenters. The molecule has 0 bridgehead atoms. The first-order valence-corrected chi connectivity index (χ1v) is 11.0. The number of hydrogen-bond acceptors (Lipinski definition) is 6. The number of hydrogen-bond donors (Lipinski definition) is 1. The van der Waals surface area contributed by atoms with E-state index in [1.165, 1.54) is 6.33 Å². The van der Waals surface area contributed by atoms with Crippen LogP contribution in [0.3, 0.4) is 0 Å². The number of carboxylic acid groups (broad SMARTS) is 1. The van der Waals surface area contributed by atoms with Crippen LogP contribution in [0.1, 0.15) is 26.2 Å². The van der Waals surface area contributed by atoms with Gasteiger partial charge in [-0.15, -0.1) is 0 Å². The molecule has 162 valence electrons. The van der Waals surface area contributed by atoms with Crippen LogP contribution >= 0.6 is 27.5 Å². The molecular formula is C21H21BrClN5O3. The fourth-order valence-corrected chi connectivity index (χ4v) is 4.39. The number of aromatic nitrogens is 4. The first-order valence-electron chi connectivity index (χ1n) is 9.81. The van der Waals surface area contributed by atoms with E-state index < -0.39 is 5.97 Å². The van der Waals surface area contributed by atoms with Gasteiger partial charge in [-0.1, -0.05) is 18.2 Å². The minimum Gasteiger partial charge on any atom is -0.496 e. The molecule has 2 aromatic heterocycles. The number of carbonyl (C=O) groups is 1. The summed E-state index contributed by atoms with van der Waals surface area (Å²) in [5.74, 6) is 0.402. The molecule has 1 aliphatic heterocycles. The lowest BCUT2D eigenvalue weighted by atomic mass is 10.1. The van der Waals surface area contributed by atoms with Crippen LogP contribution < -0.4 is 4.90 Å². The van der Waals surface area contributed by atoms with Gasteiger partial charge in [0.25, 0.3) is 0 Å². The number of nitrogens with zero attached hydrogens (tertiary/aromatic N) is 5. The maximum atomic E-state index is 10.8. The van der Waals surface area contributed by atoms with E-state index in [9.17, 15) is 4.79 Å². The number of aliphatic carboxylic acids is 1. The van der Waals surface area contributed by atoms with Gasteiger partial charge in [-0.3, -0.25) is 4.79 Å². The highest BCUT2D eigenvalue weighted by atomic mass is 79.9. The zero-order valence-electron chi connectivity index (χ0n) is 16.8. The van der Waals surface area contributed by atoms with Gasteiger partial charge in [0, 0.05) is 22.0 Å². The Hall–Kier alpha value is -2.65. The smallest absolute Gasteiger partial charge is 0.306 e. The maximum absolute atomic E-state index is 10.8. The summed E-state index contributed by atoms with van der Waals surface area (Å²) in [6, 6.07) is 5.80.